The van der Waals surface area contributed by atoms with Crippen LogP contribution in [0.5, 0.6) is 0 Å². The molecule has 0 spiro atoms. The first-order chi connectivity index (χ1) is 6.47. The summed E-state index contributed by atoms with van der Waals surface area (Å²) in [6, 6.07) is 0. The molecule has 3 N–H and O–H groups in total. The third kappa shape index (κ3) is 7.71. The Hall–Kier alpha value is -0.180. The molecule has 92 valence electrons. The number of nitrogens with one attached hydrogen (secondary N) is 1. The average Bonchev–Trinajstić information content (AvgIpc) is 1.98. The van der Waals surface area contributed by atoms with Crippen LogP contribution < -0.4 is 10.5 Å². The monoisotopic (exact) mass is 258 g/mol. The molecule has 0 aliphatic carbocycles. The van der Waals surface area contributed by atoms with Gasteiger partial charge in [0, 0.05) is 18.3 Å². The van der Waals surface area contributed by atoms with E-state index in [2.05, 4.69) is 4.72 Å². The Morgan fingerprint density at radius 2 is 1.60 bits per heavy atom. The van der Waals surface area contributed by atoms with E-state index in [0.29, 0.717) is 0 Å². The van der Waals surface area contributed by atoms with E-state index in [4.69, 9.17) is 5.73 Å². The standard InChI is InChI=1S/C7H18N2O4S2/c1-7(2,6-8)9-15(12,13)5-4-14(3,10)11/h9H,4-6,8H2,1-3H3. The van der Waals surface area contributed by atoms with Crippen LogP contribution in [0.1, 0.15) is 13.8 Å². The predicted octanol–water partition coefficient (Wildman–Crippen LogP) is -1.31. The first-order valence-corrected chi connectivity index (χ1v) is 8.08. The molecule has 0 aliphatic heterocycles. The van der Waals surface area contributed by atoms with Crippen LogP contribution >= 0.6 is 0 Å². The topological polar surface area (TPSA) is 106 Å². The molecule has 0 fully saturated rings. The third-order valence-corrected chi connectivity index (χ3v) is 4.47. The van der Waals surface area contributed by atoms with Crippen LogP contribution in [0.2, 0.25) is 0 Å². The van der Waals surface area contributed by atoms with Gasteiger partial charge in [-0.15, -0.1) is 0 Å². The van der Waals surface area contributed by atoms with Crippen molar-refractivity contribution in [2.75, 3.05) is 24.3 Å². The van der Waals surface area contributed by atoms with Crippen molar-refractivity contribution in [1.29, 1.82) is 0 Å². The number of sulfone groups is 1. The van der Waals surface area contributed by atoms with E-state index in [9.17, 15) is 16.8 Å². The van der Waals surface area contributed by atoms with Gasteiger partial charge in [0.05, 0.1) is 11.5 Å². The van der Waals surface area contributed by atoms with Crippen molar-refractivity contribution in [3.8, 4) is 0 Å². The lowest BCUT2D eigenvalue weighted by molar-refractivity contribution is 0.463. The van der Waals surface area contributed by atoms with Gasteiger partial charge in [-0.1, -0.05) is 0 Å². The number of hydrogen-bond donors (Lipinski definition) is 2. The SMILES string of the molecule is CC(C)(CN)NS(=O)(=O)CCS(C)(=O)=O. The number of hydrogen-bond acceptors (Lipinski definition) is 5. The molecule has 0 rings (SSSR count). The molecule has 0 saturated carbocycles. The van der Waals surface area contributed by atoms with Crippen molar-refractivity contribution in [2.45, 2.75) is 19.4 Å². The minimum Gasteiger partial charge on any atom is -0.329 e. The smallest absolute Gasteiger partial charge is 0.213 e. The molecular formula is C7H18N2O4S2. The molecule has 15 heavy (non-hydrogen) atoms. The highest BCUT2D eigenvalue weighted by atomic mass is 32.2. The Bertz CT molecular complexity index is 397. The normalized spacial score (nSPS) is 14.1. The van der Waals surface area contributed by atoms with Crippen molar-refractivity contribution >= 4 is 19.9 Å². The molecule has 0 radical (unpaired) electrons. The molecule has 8 heteroatoms. The number of rotatable bonds is 6. The van der Waals surface area contributed by atoms with Gasteiger partial charge in [-0.05, 0) is 13.8 Å². The van der Waals surface area contributed by atoms with Crippen molar-refractivity contribution in [3.05, 3.63) is 0 Å². The first kappa shape index (κ1) is 14.8. The van der Waals surface area contributed by atoms with Gasteiger partial charge in [-0.25, -0.2) is 21.6 Å². The quantitative estimate of drug-likeness (QED) is 0.615. The predicted molar refractivity (Wildman–Crippen MR) is 59.8 cm³/mol. The van der Waals surface area contributed by atoms with Gasteiger partial charge in [0.2, 0.25) is 10.0 Å². The zero-order valence-electron chi connectivity index (χ0n) is 9.15. The Morgan fingerprint density at radius 1 is 1.13 bits per heavy atom. The van der Waals surface area contributed by atoms with E-state index in [1.54, 1.807) is 13.8 Å². The van der Waals surface area contributed by atoms with E-state index in [-0.39, 0.29) is 12.3 Å². The molecule has 0 aromatic rings. The second kappa shape index (κ2) is 4.77. The highest BCUT2D eigenvalue weighted by Gasteiger charge is 2.24. The lowest BCUT2D eigenvalue weighted by Gasteiger charge is -2.23. The molecule has 6 nitrogen and oxygen atoms in total. The summed E-state index contributed by atoms with van der Waals surface area (Å²) in [5.74, 6) is -0.821. The highest BCUT2D eigenvalue weighted by Crippen LogP contribution is 2.02. The third-order valence-electron chi connectivity index (χ3n) is 1.66. The summed E-state index contributed by atoms with van der Waals surface area (Å²) < 4.78 is 46.8. The van der Waals surface area contributed by atoms with Gasteiger partial charge in [-0.3, -0.25) is 0 Å². The summed E-state index contributed by atoms with van der Waals surface area (Å²) in [6.07, 6.45) is 0.997. The largest absolute Gasteiger partial charge is 0.329 e. The highest BCUT2D eigenvalue weighted by molar-refractivity contribution is 7.93. The molecule has 0 amide bonds. The summed E-state index contributed by atoms with van der Waals surface area (Å²) in [7, 11) is -6.86. The Labute approximate surface area is 91.2 Å². The minimum atomic E-state index is -3.59. The molecule has 0 heterocycles. The fourth-order valence-electron chi connectivity index (χ4n) is 0.775. The van der Waals surface area contributed by atoms with Gasteiger partial charge in [-0.2, -0.15) is 0 Å². The summed E-state index contributed by atoms with van der Waals surface area (Å²) in [6.45, 7) is 3.40. The van der Waals surface area contributed by atoms with Crippen LogP contribution in [-0.4, -0.2) is 46.7 Å². The molecule has 0 aromatic heterocycles. The van der Waals surface area contributed by atoms with E-state index in [1.165, 1.54) is 0 Å². The molecule has 0 atom stereocenters. The summed E-state index contributed by atoms with van der Waals surface area (Å²) in [4.78, 5) is 0. The van der Waals surface area contributed by atoms with Gasteiger partial charge in [0.25, 0.3) is 0 Å². The second-order valence-electron chi connectivity index (χ2n) is 4.14. The average molecular weight is 258 g/mol. The van der Waals surface area contributed by atoms with Crippen LogP contribution in [0.25, 0.3) is 0 Å². The maximum Gasteiger partial charge on any atom is 0.213 e. The number of sulfonamides is 1. The van der Waals surface area contributed by atoms with E-state index in [1.807, 2.05) is 0 Å². The molecule has 0 bridgehead atoms. The summed E-state index contributed by atoms with van der Waals surface area (Å²) in [5.41, 5.74) is 4.60. The summed E-state index contributed by atoms with van der Waals surface area (Å²) >= 11 is 0. The zero-order chi connectivity index (χ0) is 12.3. The van der Waals surface area contributed by atoms with Crippen molar-refractivity contribution in [2.24, 2.45) is 5.73 Å². The fourth-order valence-corrected chi connectivity index (χ4v) is 3.89. The zero-order valence-corrected chi connectivity index (χ0v) is 10.8. The Morgan fingerprint density at radius 3 is 1.93 bits per heavy atom. The first-order valence-electron chi connectivity index (χ1n) is 4.37. The fraction of sp³-hybridized carbons (Fsp3) is 1.00. The lowest BCUT2D eigenvalue weighted by Crippen LogP contribution is -2.50. The maximum atomic E-state index is 11.4. The van der Waals surface area contributed by atoms with Gasteiger partial charge >= 0.3 is 0 Å². The molecule has 0 saturated heterocycles. The van der Waals surface area contributed by atoms with E-state index in [0.717, 1.165) is 6.26 Å². The summed E-state index contributed by atoms with van der Waals surface area (Å²) in [5, 5.41) is 0. The molecule has 0 aliphatic rings. The Balaban J connectivity index is 4.47. The van der Waals surface area contributed by atoms with Crippen molar-refractivity contribution < 1.29 is 16.8 Å². The molecule has 0 aromatic carbocycles. The van der Waals surface area contributed by atoms with Crippen molar-refractivity contribution in [3.63, 3.8) is 0 Å². The van der Waals surface area contributed by atoms with Gasteiger partial charge in [0.15, 0.2) is 0 Å². The Kier molecular flexibility index (Phi) is 4.71. The lowest BCUT2D eigenvalue weighted by atomic mass is 10.1. The van der Waals surface area contributed by atoms with Gasteiger partial charge in [0.1, 0.15) is 9.84 Å². The van der Waals surface area contributed by atoms with Crippen molar-refractivity contribution in [1.82, 2.24) is 4.72 Å². The van der Waals surface area contributed by atoms with E-state index >= 15 is 0 Å². The molecular weight excluding hydrogens is 240 g/mol. The van der Waals surface area contributed by atoms with Crippen LogP contribution in [0, 0.1) is 0 Å². The number of nitrogens with two attached hydrogens (primary N) is 1. The van der Waals surface area contributed by atoms with Crippen LogP contribution in [0.4, 0.5) is 0 Å². The van der Waals surface area contributed by atoms with Crippen LogP contribution in [0.15, 0.2) is 0 Å². The van der Waals surface area contributed by atoms with Gasteiger partial charge < -0.3 is 5.73 Å². The second-order valence-corrected chi connectivity index (χ2v) is 8.24. The molecule has 0 unspecified atom stereocenters. The maximum absolute atomic E-state index is 11.4. The van der Waals surface area contributed by atoms with Crippen LogP contribution in [-0.2, 0) is 19.9 Å². The van der Waals surface area contributed by atoms with Crippen LogP contribution in [0.3, 0.4) is 0 Å². The minimum absolute atomic E-state index is 0.144. The van der Waals surface area contributed by atoms with E-state index < -0.39 is 31.2 Å².